The van der Waals surface area contributed by atoms with Crippen LogP contribution in [0.15, 0.2) is 66.5 Å². The SMILES string of the molecule is COC(C)C1(C2=CC=CC=CN2)O/C(=C\c2c[nH]c3ncccc23)C(=O)C1C(=O)O. The second kappa shape index (κ2) is 7.64. The molecule has 8 heteroatoms. The van der Waals surface area contributed by atoms with Crippen LogP contribution in [0, 0.1) is 5.92 Å². The molecule has 8 nitrogen and oxygen atoms in total. The molecule has 0 bridgehead atoms. The zero-order chi connectivity index (χ0) is 21.3. The van der Waals surface area contributed by atoms with Gasteiger partial charge in [-0.05, 0) is 37.3 Å². The van der Waals surface area contributed by atoms with Crippen LogP contribution in [0.25, 0.3) is 17.1 Å². The molecular formula is C22H21N3O5. The third-order valence-electron chi connectivity index (χ3n) is 5.43. The predicted octanol–water partition coefficient (Wildman–Crippen LogP) is 2.53. The Balaban J connectivity index is 1.87. The number of allylic oxidation sites excluding steroid dienone is 5. The fourth-order valence-electron chi connectivity index (χ4n) is 3.88. The number of methoxy groups -OCH3 is 1. The normalized spacial score (nSPS) is 25.7. The molecule has 0 amide bonds. The molecule has 3 atom stereocenters. The Morgan fingerprint density at radius 1 is 1.40 bits per heavy atom. The van der Waals surface area contributed by atoms with Gasteiger partial charge in [-0.3, -0.25) is 9.59 Å². The lowest BCUT2D eigenvalue weighted by molar-refractivity contribution is -0.155. The highest BCUT2D eigenvalue weighted by Gasteiger charge is 2.62. The summed E-state index contributed by atoms with van der Waals surface area (Å²) in [6.07, 6.45) is 12.8. The van der Waals surface area contributed by atoms with Crippen molar-refractivity contribution >= 4 is 28.9 Å². The highest BCUT2D eigenvalue weighted by atomic mass is 16.6. The lowest BCUT2D eigenvalue weighted by Crippen LogP contribution is -2.54. The van der Waals surface area contributed by atoms with Gasteiger partial charge in [0, 0.05) is 36.7 Å². The minimum absolute atomic E-state index is 0.0454. The summed E-state index contributed by atoms with van der Waals surface area (Å²) < 4.78 is 11.7. The highest BCUT2D eigenvalue weighted by Crippen LogP contribution is 2.45. The summed E-state index contributed by atoms with van der Waals surface area (Å²) in [4.78, 5) is 32.7. The molecule has 2 aliphatic heterocycles. The maximum atomic E-state index is 13.2. The summed E-state index contributed by atoms with van der Waals surface area (Å²) >= 11 is 0. The molecule has 4 heterocycles. The molecule has 30 heavy (non-hydrogen) atoms. The Bertz CT molecular complexity index is 1130. The van der Waals surface area contributed by atoms with Gasteiger partial charge in [0.05, 0.1) is 5.70 Å². The molecule has 3 unspecified atom stereocenters. The summed E-state index contributed by atoms with van der Waals surface area (Å²) in [5, 5.41) is 13.8. The molecule has 0 spiro atoms. The van der Waals surface area contributed by atoms with E-state index in [9.17, 15) is 14.7 Å². The number of hydrogen-bond donors (Lipinski definition) is 3. The Labute approximate surface area is 172 Å². The van der Waals surface area contributed by atoms with Crippen molar-refractivity contribution in [1.29, 1.82) is 0 Å². The van der Waals surface area contributed by atoms with Crippen LogP contribution in [0.5, 0.6) is 0 Å². The number of pyridine rings is 1. The molecule has 0 aliphatic carbocycles. The average molecular weight is 407 g/mol. The van der Waals surface area contributed by atoms with E-state index in [1.807, 2.05) is 6.07 Å². The van der Waals surface area contributed by atoms with E-state index < -0.39 is 29.4 Å². The molecule has 0 radical (unpaired) electrons. The second-order valence-corrected chi connectivity index (χ2v) is 7.03. The van der Waals surface area contributed by atoms with Gasteiger partial charge < -0.3 is 24.9 Å². The Kier molecular flexibility index (Phi) is 5.01. The molecular weight excluding hydrogens is 386 g/mol. The second-order valence-electron chi connectivity index (χ2n) is 7.03. The number of carbonyl (C=O) groups is 2. The fraction of sp³-hybridized carbons (Fsp3) is 0.227. The number of nitrogens with one attached hydrogen (secondary N) is 2. The van der Waals surface area contributed by atoms with Crippen molar-refractivity contribution in [1.82, 2.24) is 15.3 Å². The maximum Gasteiger partial charge on any atom is 0.319 e. The van der Waals surface area contributed by atoms with Crippen molar-refractivity contribution < 1.29 is 24.2 Å². The average Bonchev–Trinajstić information content (AvgIpc) is 3.13. The summed E-state index contributed by atoms with van der Waals surface area (Å²) in [5.74, 6) is -3.44. The van der Waals surface area contributed by atoms with Gasteiger partial charge in [0.25, 0.3) is 0 Å². The standard InChI is InChI=1S/C22H21N3O5/c1-13(29-2)22(17-8-4-3-5-9-23-17)18(21(27)28)19(26)16(30-22)11-14-12-25-20-15(14)7-6-10-24-20/h3-13,18,23H,1-2H3,(H,24,25)(H,27,28)/b16-11-. The van der Waals surface area contributed by atoms with E-state index >= 15 is 0 Å². The number of nitrogens with zero attached hydrogens (tertiary/aromatic N) is 1. The van der Waals surface area contributed by atoms with E-state index in [2.05, 4.69) is 15.3 Å². The third kappa shape index (κ3) is 3.02. The molecule has 2 aliphatic rings. The smallest absolute Gasteiger partial charge is 0.319 e. The predicted molar refractivity (Wildman–Crippen MR) is 110 cm³/mol. The van der Waals surface area contributed by atoms with Gasteiger partial charge in [-0.2, -0.15) is 0 Å². The first kappa shape index (κ1) is 19.7. The van der Waals surface area contributed by atoms with Gasteiger partial charge in [-0.25, -0.2) is 4.98 Å². The third-order valence-corrected chi connectivity index (χ3v) is 5.43. The number of H-pyrrole nitrogens is 1. The van der Waals surface area contributed by atoms with Crippen molar-refractivity contribution in [2.45, 2.75) is 18.6 Å². The van der Waals surface area contributed by atoms with E-state index in [0.717, 1.165) is 5.39 Å². The van der Waals surface area contributed by atoms with Gasteiger partial charge >= 0.3 is 5.97 Å². The van der Waals surface area contributed by atoms with Crippen LogP contribution in [-0.4, -0.2) is 45.6 Å². The number of ether oxygens (including phenoxy) is 2. The fourth-order valence-corrected chi connectivity index (χ4v) is 3.88. The number of aromatic amines is 1. The van der Waals surface area contributed by atoms with E-state index in [0.29, 0.717) is 16.9 Å². The van der Waals surface area contributed by atoms with Gasteiger partial charge in [-0.1, -0.05) is 12.2 Å². The van der Waals surface area contributed by atoms with Crippen molar-refractivity contribution in [2.75, 3.05) is 7.11 Å². The number of rotatable bonds is 5. The van der Waals surface area contributed by atoms with E-state index in [1.165, 1.54) is 7.11 Å². The van der Waals surface area contributed by atoms with Gasteiger partial charge in [0.15, 0.2) is 17.3 Å². The molecule has 154 valence electrons. The number of carbonyl (C=O) groups excluding carboxylic acids is 1. The monoisotopic (exact) mass is 407 g/mol. The van der Waals surface area contributed by atoms with E-state index in [-0.39, 0.29) is 5.76 Å². The van der Waals surface area contributed by atoms with Gasteiger partial charge in [0.1, 0.15) is 11.8 Å². The topological polar surface area (TPSA) is 114 Å². The molecule has 0 saturated carbocycles. The lowest BCUT2D eigenvalue weighted by Gasteiger charge is -2.37. The van der Waals surface area contributed by atoms with Crippen molar-refractivity contribution in [3.8, 4) is 0 Å². The highest BCUT2D eigenvalue weighted by molar-refractivity contribution is 6.13. The maximum absolute atomic E-state index is 13.2. The number of carboxylic acids is 1. The van der Waals surface area contributed by atoms with Crippen LogP contribution in [0.3, 0.4) is 0 Å². The van der Waals surface area contributed by atoms with E-state index in [1.54, 1.807) is 62.0 Å². The number of Topliss-reactive ketones (excluding diaryl/α,β-unsaturated/α-hetero) is 1. The molecule has 3 N–H and O–H groups in total. The summed E-state index contributed by atoms with van der Waals surface area (Å²) in [6, 6.07) is 3.64. The summed E-state index contributed by atoms with van der Waals surface area (Å²) in [7, 11) is 1.45. The minimum Gasteiger partial charge on any atom is -0.481 e. The van der Waals surface area contributed by atoms with Crippen LogP contribution in [0.4, 0.5) is 0 Å². The van der Waals surface area contributed by atoms with Crippen molar-refractivity contribution in [3.63, 3.8) is 0 Å². The quantitative estimate of drug-likeness (QED) is 0.516. The zero-order valence-electron chi connectivity index (χ0n) is 16.5. The first-order valence-corrected chi connectivity index (χ1v) is 9.42. The molecule has 2 aromatic heterocycles. The minimum atomic E-state index is -1.56. The molecule has 1 saturated heterocycles. The first-order chi connectivity index (χ1) is 14.5. The van der Waals surface area contributed by atoms with Gasteiger partial charge in [-0.15, -0.1) is 0 Å². The number of fused-ring (bicyclic) bond motifs is 1. The number of carboxylic acid groups (broad SMARTS) is 1. The largest absolute Gasteiger partial charge is 0.481 e. The van der Waals surface area contributed by atoms with Crippen molar-refractivity contribution in [2.24, 2.45) is 5.92 Å². The van der Waals surface area contributed by atoms with Gasteiger partial charge in [0.2, 0.25) is 5.78 Å². The van der Waals surface area contributed by atoms with Crippen molar-refractivity contribution in [3.05, 3.63) is 72.1 Å². The Morgan fingerprint density at radius 2 is 2.23 bits per heavy atom. The van der Waals surface area contributed by atoms with Crippen LogP contribution in [0.2, 0.25) is 0 Å². The molecule has 2 aromatic rings. The number of aliphatic carboxylic acids is 1. The Morgan fingerprint density at radius 3 is 3.00 bits per heavy atom. The van der Waals surface area contributed by atoms with Crippen LogP contribution in [0.1, 0.15) is 12.5 Å². The Hall–Kier alpha value is -3.65. The van der Waals surface area contributed by atoms with Crippen LogP contribution in [-0.2, 0) is 19.1 Å². The zero-order valence-corrected chi connectivity index (χ0v) is 16.5. The van der Waals surface area contributed by atoms with Crippen LogP contribution < -0.4 is 5.32 Å². The first-order valence-electron chi connectivity index (χ1n) is 9.42. The number of aromatic nitrogens is 2. The summed E-state index contributed by atoms with van der Waals surface area (Å²) in [5.41, 5.74) is 0.192. The van der Waals surface area contributed by atoms with Crippen LogP contribution >= 0.6 is 0 Å². The number of hydrogen-bond acceptors (Lipinski definition) is 6. The summed E-state index contributed by atoms with van der Waals surface area (Å²) in [6.45, 7) is 1.68. The molecule has 4 rings (SSSR count). The van der Waals surface area contributed by atoms with E-state index in [4.69, 9.17) is 9.47 Å². The molecule has 1 fully saturated rings. The number of ketones is 1. The lowest BCUT2D eigenvalue weighted by atomic mass is 9.79. The molecule has 0 aromatic carbocycles.